The largest absolute Gasteiger partial charge is 0.456 e. The van der Waals surface area contributed by atoms with Crippen LogP contribution in [-0.2, 0) is 0 Å². The van der Waals surface area contributed by atoms with Crippen molar-refractivity contribution >= 4 is 65.5 Å². The van der Waals surface area contributed by atoms with E-state index in [1.54, 1.807) is 0 Å². The van der Waals surface area contributed by atoms with Gasteiger partial charge < -0.3 is 14.6 Å². The van der Waals surface area contributed by atoms with Crippen LogP contribution in [0.25, 0.3) is 43.9 Å². The Hall–Kier alpha value is -3.24. The number of nitrogens with two attached hydrogens (primary N) is 1. The molecule has 2 N–H and O–H groups in total. The number of nitrogen functional groups attached to an aromatic ring is 1. The summed E-state index contributed by atoms with van der Waals surface area (Å²) in [4.78, 5) is 0. The van der Waals surface area contributed by atoms with Gasteiger partial charge in [-0.05, 0) is 42.5 Å². The van der Waals surface area contributed by atoms with Crippen LogP contribution in [0.3, 0.4) is 0 Å². The lowest BCUT2D eigenvalue weighted by atomic mass is 10.1. The van der Waals surface area contributed by atoms with Crippen LogP contribution in [0.2, 0.25) is 0 Å². The van der Waals surface area contributed by atoms with Gasteiger partial charge >= 0.3 is 0 Å². The summed E-state index contributed by atoms with van der Waals surface area (Å²) in [5, 5.41) is 4.61. The zero-order valence-corrected chi connectivity index (χ0v) is 16.4. The van der Waals surface area contributed by atoms with E-state index in [0.717, 1.165) is 43.3 Å². The first kappa shape index (κ1) is 16.9. The molecule has 0 saturated carbocycles. The number of halogens is 1. The van der Waals surface area contributed by atoms with Crippen LogP contribution in [0.4, 0.5) is 5.69 Å². The Kier molecular flexibility index (Phi) is 4.06. The van der Waals surface area contributed by atoms with Gasteiger partial charge in [-0.1, -0.05) is 52.3 Å². The van der Waals surface area contributed by atoms with Gasteiger partial charge in [-0.3, -0.25) is 0 Å². The fourth-order valence-corrected chi connectivity index (χ4v) is 3.78. The fraction of sp³-hybridized carbons (Fsp3) is 0. The minimum absolute atomic E-state index is 0.733. The lowest BCUT2D eigenvalue weighted by Crippen LogP contribution is -1.81. The Morgan fingerprint density at radius 3 is 1.68 bits per heavy atom. The van der Waals surface area contributed by atoms with E-state index in [1.165, 1.54) is 10.8 Å². The Bertz CT molecular complexity index is 1330. The molecular formula is C24H16BrNO2. The van der Waals surface area contributed by atoms with Crippen molar-refractivity contribution in [1.29, 1.82) is 0 Å². The van der Waals surface area contributed by atoms with Crippen molar-refractivity contribution < 1.29 is 8.83 Å². The maximum atomic E-state index is 5.70. The molecule has 6 aromatic rings. The van der Waals surface area contributed by atoms with Gasteiger partial charge in [0.1, 0.15) is 22.3 Å². The molecule has 4 heteroatoms. The van der Waals surface area contributed by atoms with Gasteiger partial charge in [0, 0.05) is 37.8 Å². The highest BCUT2D eigenvalue weighted by molar-refractivity contribution is 9.10. The molecule has 0 amide bonds. The van der Waals surface area contributed by atoms with Gasteiger partial charge in [0.05, 0.1) is 0 Å². The Labute approximate surface area is 169 Å². The summed E-state index contributed by atoms with van der Waals surface area (Å²) >= 11 is 3.43. The van der Waals surface area contributed by atoms with Crippen LogP contribution in [0, 0.1) is 0 Å². The second kappa shape index (κ2) is 6.73. The predicted octanol–water partition coefficient (Wildman–Crippen LogP) is 7.52. The first-order valence-corrected chi connectivity index (χ1v) is 9.72. The third-order valence-electron chi connectivity index (χ3n) is 4.74. The van der Waals surface area contributed by atoms with E-state index in [-0.39, 0.29) is 0 Å². The molecule has 2 aromatic heterocycles. The van der Waals surface area contributed by atoms with Crippen molar-refractivity contribution in [2.45, 2.75) is 0 Å². The second-order valence-corrected chi connectivity index (χ2v) is 7.51. The van der Waals surface area contributed by atoms with Crippen molar-refractivity contribution in [3.63, 3.8) is 0 Å². The van der Waals surface area contributed by atoms with Crippen LogP contribution in [0.5, 0.6) is 0 Å². The molecule has 4 aromatic carbocycles. The number of benzene rings is 4. The summed E-state index contributed by atoms with van der Waals surface area (Å²) in [5.41, 5.74) is 10.1. The van der Waals surface area contributed by atoms with E-state index >= 15 is 0 Å². The highest BCUT2D eigenvalue weighted by Crippen LogP contribution is 2.30. The average molecular weight is 430 g/mol. The summed E-state index contributed by atoms with van der Waals surface area (Å²) < 4.78 is 12.4. The number of furan rings is 2. The van der Waals surface area contributed by atoms with Crippen molar-refractivity contribution in [1.82, 2.24) is 0 Å². The fourth-order valence-electron chi connectivity index (χ4n) is 3.44. The molecule has 0 spiro atoms. The summed E-state index contributed by atoms with van der Waals surface area (Å²) in [6.45, 7) is 0. The van der Waals surface area contributed by atoms with E-state index in [0.29, 0.717) is 0 Å². The van der Waals surface area contributed by atoms with Gasteiger partial charge in [0.25, 0.3) is 0 Å². The van der Waals surface area contributed by atoms with Crippen LogP contribution in [-0.4, -0.2) is 0 Å². The van der Waals surface area contributed by atoms with Crippen LogP contribution in [0.1, 0.15) is 0 Å². The van der Waals surface area contributed by atoms with Crippen molar-refractivity contribution in [2.24, 2.45) is 0 Å². The van der Waals surface area contributed by atoms with Crippen LogP contribution >= 0.6 is 15.9 Å². The monoisotopic (exact) mass is 429 g/mol. The Morgan fingerprint density at radius 2 is 1.04 bits per heavy atom. The Balaban J connectivity index is 0.000000122. The SMILES string of the molecule is Brc1ccc2c(c1)oc1ccccc12.Nc1ccc2c(c1)oc1ccccc12. The smallest absolute Gasteiger partial charge is 0.137 e. The van der Waals surface area contributed by atoms with Crippen molar-refractivity contribution in [3.8, 4) is 0 Å². The van der Waals surface area contributed by atoms with Gasteiger partial charge in [-0.15, -0.1) is 0 Å². The van der Waals surface area contributed by atoms with Gasteiger partial charge in [-0.2, -0.15) is 0 Å². The van der Waals surface area contributed by atoms with Gasteiger partial charge in [0.2, 0.25) is 0 Å². The average Bonchev–Trinajstić information content (AvgIpc) is 3.25. The maximum Gasteiger partial charge on any atom is 0.137 e. The second-order valence-electron chi connectivity index (χ2n) is 6.59. The van der Waals surface area contributed by atoms with Gasteiger partial charge in [-0.25, -0.2) is 0 Å². The normalized spacial score (nSPS) is 11.2. The molecule has 0 aliphatic carbocycles. The molecule has 0 saturated heterocycles. The third-order valence-corrected chi connectivity index (χ3v) is 5.24. The number of rotatable bonds is 0. The first-order chi connectivity index (χ1) is 13.7. The zero-order chi connectivity index (χ0) is 19.1. The molecule has 0 bridgehead atoms. The molecule has 0 fully saturated rings. The molecule has 0 radical (unpaired) electrons. The maximum absolute atomic E-state index is 5.70. The summed E-state index contributed by atoms with van der Waals surface area (Å²) in [6, 6.07) is 27.9. The quantitative estimate of drug-likeness (QED) is 0.254. The van der Waals surface area contributed by atoms with E-state index in [2.05, 4.69) is 34.1 Å². The minimum atomic E-state index is 0.733. The lowest BCUT2D eigenvalue weighted by molar-refractivity contribution is 0.668. The van der Waals surface area contributed by atoms with Crippen molar-refractivity contribution in [2.75, 3.05) is 5.73 Å². The topological polar surface area (TPSA) is 52.3 Å². The van der Waals surface area contributed by atoms with Crippen LogP contribution < -0.4 is 5.73 Å². The third kappa shape index (κ3) is 2.92. The summed E-state index contributed by atoms with van der Waals surface area (Å²) in [6.07, 6.45) is 0. The van der Waals surface area contributed by atoms with Crippen LogP contribution in [0.15, 0.2) is 98.2 Å². The van der Waals surface area contributed by atoms with Crippen molar-refractivity contribution in [3.05, 3.63) is 89.4 Å². The van der Waals surface area contributed by atoms with E-state index in [4.69, 9.17) is 14.6 Å². The molecule has 3 nitrogen and oxygen atoms in total. The zero-order valence-electron chi connectivity index (χ0n) is 14.9. The summed E-state index contributed by atoms with van der Waals surface area (Å²) in [7, 11) is 0. The summed E-state index contributed by atoms with van der Waals surface area (Å²) in [5.74, 6) is 0. The molecule has 0 aliphatic heterocycles. The number of hydrogen-bond donors (Lipinski definition) is 1. The molecule has 0 aliphatic rings. The number of fused-ring (bicyclic) bond motifs is 6. The molecule has 28 heavy (non-hydrogen) atoms. The number of anilines is 1. The Morgan fingerprint density at radius 1 is 0.536 bits per heavy atom. The molecule has 2 heterocycles. The molecule has 0 atom stereocenters. The highest BCUT2D eigenvalue weighted by Gasteiger charge is 2.06. The standard InChI is InChI=1S/C12H7BrO.C12H9NO/c2*13-8-5-6-10-9-3-1-2-4-11(9)14-12(10)7-8/h1-7H;1-7H,13H2. The van der Waals surface area contributed by atoms with E-state index in [9.17, 15) is 0 Å². The molecule has 6 rings (SSSR count). The number of hydrogen-bond acceptors (Lipinski definition) is 3. The highest BCUT2D eigenvalue weighted by atomic mass is 79.9. The lowest BCUT2D eigenvalue weighted by Gasteiger charge is -1.90. The van der Waals surface area contributed by atoms with E-state index < -0.39 is 0 Å². The number of para-hydroxylation sites is 2. The minimum Gasteiger partial charge on any atom is -0.456 e. The molecule has 136 valence electrons. The van der Waals surface area contributed by atoms with Gasteiger partial charge in [0.15, 0.2) is 0 Å². The molecular weight excluding hydrogens is 414 g/mol. The molecule has 0 unspecified atom stereocenters. The first-order valence-electron chi connectivity index (χ1n) is 8.92. The predicted molar refractivity (Wildman–Crippen MR) is 120 cm³/mol. The van der Waals surface area contributed by atoms with E-state index in [1.807, 2.05) is 66.7 Å².